The fourth-order valence-electron chi connectivity index (χ4n) is 3.30. The number of nitrogens with zero attached hydrogens (tertiary/aromatic N) is 3. The lowest BCUT2D eigenvalue weighted by Crippen LogP contribution is -2.22. The van der Waals surface area contributed by atoms with Crippen molar-refractivity contribution in [1.82, 2.24) is 15.0 Å². The number of carbonyl (C=O) groups excluding carboxylic acids is 1. The molecule has 0 spiro atoms. The number of nitrogens with two attached hydrogens (primary N) is 1. The quantitative estimate of drug-likeness (QED) is 0.477. The Morgan fingerprint density at radius 1 is 0.903 bits per heavy atom. The average molecular weight is 411 g/mol. The normalized spacial score (nSPS) is 11.5. The average Bonchev–Trinajstić information content (AvgIpc) is 2.81. The number of hydrogen-bond donors (Lipinski definition) is 2. The van der Waals surface area contributed by atoms with Crippen molar-refractivity contribution in [2.24, 2.45) is 5.73 Å². The number of amides is 1. The minimum Gasteiger partial charge on any atom is -0.438 e. The van der Waals surface area contributed by atoms with E-state index < -0.39 is 11.8 Å². The van der Waals surface area contributed by atoms with E-state index in [9.17, 15) is 4.79 Å². The predicted molar refractivity (Wildman–Crippen MR) is 119 cm³/mol. The van der Waals surface area contributed by atoms with Crippen LogP contribution in [-0.2, 0) is 4.79 Å². The molecule has 3 N–H and O–H groups in total. The van der Waals surface area contributed by atoms with Crippen molar-refractivity contribution in [3.05, 3.63) is 96.3 Å². The zero-order valence-corrected chi connectivity index (χ0v) is 16.9. The molecule has 0 aliphatic carbocycles. The monoisotopic (exact) mass is 411 g/mol. The molecule has 0 saturated heterocycles. The maximum atomic E-state index is 12.1. The molecule has 7 nitrogen and oxygen atoms in total. The molecule has 2 aromatic carbocycles. The van der Waals surface area contributed by atoms with E-state index >= 15 is 0 Å². The van der Waals surface area contributed by atoms with Gasteiger partial charge < -0.3 is 15.8 Å². The number of nitrogens with one attached hydrogen (secondary N) is 1. The van der Waals surface area contributed by atoms with Crippen LogP contribution < -0.4 is 15.8 Å². The first-order chi connectivity index (χ1) is 15.2. The van der Waals surface area contributed by atoms with Gasteiger partial charge in [-0.15, -0.1) is 0 Å². The van der Waals surface area contributed by atoms with Crippen LogP contribution in [0.4, 0.5) is 5.95 Å². The van der Waals surface area contributed by atoms with Crippen molar-refractivity contribution in [2.75, 3.05) is 12.4 Å². The highest BCUT2D eigenvalue weighted by atomic mass is 16.5. The maximum absolute atomic E-state index is 12.1. The number of primary amides is 1. The molecule has 1 unspecified atom stereocenters. The van der Waals surface area contributed by atoms with Gasteiger partial charge in [-0.05, 0) is 41.5 Å². The zero-order valence-electron chi connectivity index (χ0n) is 16.9. The van der Waals surface area contributed by atoms with Crippen LogP contribution in [0.25, 0.3) is 11.3 Å². The Morgan fingerprint density at radius 3 is 2.35 bits per heavy atom. The molecule has 0 radical (unpaired) electrons. The number of carbonyl (C=O) groups is 1. The minimum atomic E-state index is -0.526. The van der Waals surface area contributed by atoms with E-state index in [0.29, 0.717) is 23.3 Å². The Hall–Kier alpha value is -4.26. The Morgan fingerprint density at radius 2 is 1.65 bits per heavy atom. The molecular weight excluding hydrogens is 390 g/mol. The van der Waals surface area contributed by atoms with E-state index in [-0.39, 0.29) is 0 Å². The number of aromatic nitrogens is 3. The first kappa shape index (κ1) is 20.0. The molecule has 2 heterocycles. The molecule has 31 heavy (non-hydrogen) atoms. The van der Waals surface area contributed by atoms with Crippen molar-refractivity contribution >= 4 is 11.9 Å². The van der Waals surface area contributed by atoms with Gasteiger partial charge in [0.1, 0.15) is 5.75 Å². The Balaban J connectivity index is 1.61. The molecule has 1 atom stereocenters. The standard InChI is InChI=1S/C24H21N5O2/c1-26-24-28-15-13-20(29-24)19-8-5-14-27-23(19)31-18-11-9-17(10-12-18)21(22(25)30)16-6-3-2-4-7-16/h2-15,21H,1H3,(H2,25,30)(H,26,28,29). The number of ether oxygens (including phenoxy) is 1. The van der Waals surface area contributed by atoms with Gasteiger partial charge in [0.15, 0.2) is 0 Å². The van der Waals surface area contributed by atoms with Gasteiger partial charge in [0.2, 0.25) is 17.7 Å². The van der Waals surface area contributed by atoms with Gasteiger partial charge in [0.25, 0.3) is 0 Å². The first-order valence-electron chi connectivity index (χ1n) is 9.74. The van der Waals surface area contributed by atoms with Crippen molar-refractivity contribution in [2.45, 2.75) is 5.92 Å². The molecule has 7 heteroatoms. The van der Waals surface area contributed by atoms with Gasteiger partial charge >= 0.3 is 0 Å². The van der Waals surface area contributed by atoms with E-state index in [4.69, 9.17) is 10.5 Å². The molecule has 0 fully saturated rings. The van der Waals surface area contributed by atoms with Gasteiger partial charge in [-0.25, -0.2) is 15.0 Å². The third-order valence-corrected chi connectivity index (χ3v) is 4.77. The Kier molecular flexibility index (Phi) is 5.84. The lowest BCUT2D eigenvalue weighted by Gasteiger charge is -2.15. The highest BCUT2D eigenvalue weighted by Gasteiger charge is 2.20. The van der Waals surface area contributed by atoms with Gasteiger partial charge in [-0.2, -0.15) is 0 Å². The summed E-state index contributed by atoms with van der Waals surface area (Å²) in [7, 11) is 1.76. The fourth-order valence-corrected chi connectivity index (χ4v) is 3.30. The van der Waals surface area contributed by atoms with E-state index in [1.807, 2.05) is 54.6 Å². The second-order valence-corrected chi connectivity index (χ2v) is 6.79. The maximum Gasteiger partial charge on any atom is 0.229 e. The van der Waals surface area contributed by atoms with Crippen molar-refractivity contribution < 1.29 is 9.53 Å². The lowest BCUT2D eigenvalue weighted by atomic mass is 9.91. The summed E-state index contributed by atoms with van der Waals surface area (Å²) < 4.78 is 6.03. The van der Waals surface area contributed by atoms with Crippen molar-refractivity contribution in [1.29, 1.82) is 0 Å². The third kappa shape index (κ3) is 4.51. The first-order valence-corrected chi connectivity index (χ1v) is 9.74. The van der Waals surface area contributed by atoms with Crippen LogP contribution in [0.2, 0.25) is 0 Å². The van der Waals surface area contributed by atoms with E-state index in [2.05, 4.69) is 20.3 Å². The summed E-state index contributed by atoms with van der Waals surface area (Å²) in [5, 5.41) is 2.92. The number of anilines is 1. The van der Waals surface area contributed by atoms with Crippen LogP contribution >= 0.6 is 0 Å². The molecule has 0 aliphatic rings. The summed E-state index contributed by atoms with van der Waals surface area (Å²) in [5.41, 5.74) is 8.75. The zero-order chi connectivity index (χ0) is 21.6. The molecule has 0 bridgehead atoms. The van der Waals surface area contributed by atoms with Crippen LogP contribution in [0.15, 0.2) is 85.2 Å². The second kappa shape index (κ2) is 9.04. The topological polar surface area (TPSA) is 103 Å². The number of benzene rings is 2. The molecule has 0 aliphatic heterocycles. The van der Waals surface area contributed by atoms with Gasteiger partial charge in [0.05, 0.1) is 17.2 Å². The van der Waals surface area contributed by atoms with Crippen molar-refractivity contribution in [3.63, 3.8) is 0 Å². The molecule has 1 amide bonds. The minimum absolute atomic E-state index is 0.407. The van der Waals surface area contributed by atoms with Gasteiger partial charge in [0, 0.05) is 19.4 Å². The lowest BCUT2D eigenvalue weighted by molar-refractivity contribution is -0.118. The summed E-state index contributed by atoms with van der Waals surface area (Å²) in [4.78, 5) is 25.1. The van der Waals surface area contributed by atoms with Gasteiger partial charge in [-0.3, -0.25) is 4.79 Å². The smallest absolute Gasteiger partial charge is 0.229 e. The Bertz CT molecular complexity index is 1180. The third-order valence-electron chi connectivity index (χ3n) is 4.77. The molecule has 4 aromatic rings. The van der Waals surface area contributed by atoms with Crippen LogP contribution in [0, 0.1) is 0 Å². The number of rotatable bonds is 7. The number of pyridine rings is 1. The predicted octanol–water partition coefficient (Wildman–Crippen LogP) is 3.99. The van der Waals surface area contributed by atoms with Crippen LogP contribution in [-0.4, -0.2) is 27.9 Å². The Labute approximate surface area is 180 Å². The van der Waals surface area contributed by atoms with E-state index in [1.165, 1.54) is 0 Å². The number of hydrogen-bond acceptors (Lipinski definition) is 6. The van der Waals surface area contributed by atoms with Crippen LogP contribution in [0.3, 0.4) is 0 Å². The molecule has 4 rings (SSSR count). The largest absolute Gasteiger partial charge is 0.438 e. The summed E-state index contributed by atoms with van der Waals surface area (Å²) in [6.07, 6.45) is 3.33. The van der Waals surface area contributed by atoms with E-state index in [0.717, 1.165) is 16.7 Å². The molecular formula is C24H21N5O2. The summed E-state index contributed by atoms with van der Waals surface area (Å²) in [5.74, 6) is 0.584. The SMILES string of the molecule is CNc1nccc(-c2cccnc2Oc2ccc(C(C(N)=O)c3ccccc3)cc2)n1. The fraction of sp³-hybridized carbons (Fsp3) is 0.0833. The molecule has 154 valence electrons. The van der Waals surface area contributed by atoms with Gasteiger partial charge in [-0.1, -0.05) is 42.5 Å². The van der Waals surface area contributed by atoms with E-state index in [1.54, 1.807) is 37.6 Å². The molecule has 2 aromatic heterocycles. The second-order valence-electron chi connectivity index (χ2n) is 6.79. The summed E-state index contributed by atoms with van der Waals surface area (Å²) >= 11 is 0. The summed E-state index contributed by atoms with van der Waals surface area (Å²) in [6.45, 7) is 0. The van der Waals surface area contributed by atoms with Crippen LogP contribution in [0.5, 0.6) is 11.6 Å². The molecule has 0 saturated carbocycles. The van der Waals surface area contributed by atoms with Crippen molar-refractivity contribution in [3.8, 4) is 22.9 Å². The highest BCUT2D eigenvalue weighted by Crippen LogP contribution is 2.32. The van der Waals surface area contributed by atoms with Crippen LogP contribution in [0.1, 0.15) is 17.0 Å². The highest BCUT2D eigenvalue weighted by molar-refractivity contribution is 5.85. The summed E-state index contributed by atoms with van der Waals surface area (Å²) in [6, 6.07) is 22.2.